The highest BCUT2D eigenvalue weighted by atomic mass is 79.9. The molecule has 0 saturated heterocycles. The second-order valence-electron chi connectivity index (χ2n) is 4.77. The second kappa shape index (κ2) is 6.00. The van der Waals surface area contributed by atoms with Gasteiger partial charge in [-0.2, -0.15) is 0 Å². The Morgan fingerprint density at radius 3 is 2.61 bits per heavy atom. The largest absolute Gasteiger partial charge is 0.481 e. The van der Waals surface area contributed by atoms with Crippen LogP contribution in [0.4, 0.5) is 0 Å². The Balaban J connectivity index is 2.50. The molecule has 0 bridgehead atoms. The van der Waals surface area contributed by atoms with E-state index in [0.717, 1.165) is 10.0 Å². The van der Waals surface area contributed by atoms with Gasteiger partial charge in [0.15, 0.2) is 0 Å². The number of carbonyl (C=O) groups excluding carboxylic acids is 1. The average molecular weight is 314 g/mol. The van der Waals surface area contributed by atoms with E-state index in [4.69, 9.17) is 5.11 Å². The molecule has 1 rings (SSSR count). The molecule has 0 aliphatic rings. The number of hydrogen-bond donors (Lipinski definition) is 2. The minimum Gasteiger partial charge on any atom is -0.481 e. The van der Waals surface area contributed by atoms with E-state index < -0.39 is 11.4 Å². The molecular weight excluding hydrogens is 298 g/mol. The van der Waals surface area contributed by atoms with Crippen LogP contribution in [0.3, 0.4) is 0 Å². The summed E-state index contributed by atoms with van der Waals surface area (Å²) in [5, 5.41) is 11.6. The average Bonchev–Trinajstić information content (AvgIpc) is 2.26. The molecule has 1 amide bonds. The summed E-state index contributed by atoms with van der Waals surface area (Å²) in [6, 6.07) is 7.46. The molecule has 0 aliphatic heterocycles. The van der Waals surface area contributed by atoms with Crippen LogP contribution in [0, 0.1) is 5.41 Å². The molecule has 1 aromatic rings. The van der Waals surface area contributed by atoms with Crippen LogP contribution in [0.15, 0.2) is 28.7 Å². The molecule has 4 nitrogen and oxygen atoms in total. The van der Waals surface area contributed by atoms with Crippen molar-refractivity contribution >= 4 is 27.8 Å². The molecule has 5 heteroatoms. The summed E-state index contributed by atoms with van der Waals surface area (Å²) in [7, 11) is 0. The first-order chi connectivity index (χ1) is 8.31. The van der Waals surface area contributed by atoms with Crippen molar-refractivity contribution < 1.29 is 14.7 Å². The normalized spacial score (nSPS) is 11.1. The summed E-state index contributed by atoms with van der Waals surface area (Å²) >= 11 is 3.33. The number of carbonyl (C=O) groups is 2. The summed E-state index contributed by atoms with van der Waals surface area (Å²) in [4.78, 5) is 22.6. The third-order valence-corrected chi connectivity index (χ3v) is 3.05. The monoisotopic (exact) mass is 313 g/mol. The van der Waals surface area contributed by atoms with Crippen molar-refractivity contribution in [2.45, 2.75) is 20.3 Å². The molecule has 98 valence electrons. The van der Waals surface area contributed by atoms with E-state index in [1.807, 2.05) is 24.3 Å². The smallest absolute Gasteiger partial charge is 0.310 e. The van der Waals surface area contributed by atoms with Crippen LogP contribution >= 0.6 is 15.9 Å². The molecule has 0 aliphatic carbocycles. The highest BCUT2D eigenvalue weighted by molar-refractivity contribution is 9.10. The third kappa shape index (κ3) is 4.49. The number of carboxylic acids is 1. The zero-order chi connectivity index (χ0) is 13.8. The maximum atomic E-state index is 11.7. The number of hydrogen-bond acceptors (Lipinski definition) is 2. The predicted molar refractivity (Wildman–Crippen MR) is 72.3 cm³/mol. The molecule has 0 fully saturated rings. The van der Waals surface area contributed by atoms with Gasteiger partial charge in [0, 0.05) is 11.0 Å². The Labute approximate surface area is 115 Å². The maximum absolute atomic E-state index is 11.7. The lowest BCUT2D eigenvalue weighted by molar-refractivity contribution is -0.146. The number of aliphatic carboxylic acids is 1. The van der Waals surface area contributed by atoms with Crippen molar-refractivity contribution in [2.75, 3.05) is 6.54 Å². The molecule has 18 heavy (non-hydrogen) atoms. The minimum absolute atomic E-state index is 0.120. The number of amides is 1. The lowest BCUT2D eigenvalue weighted by atomic mass is 9.94. The van der Waals surface area contributed by atoms with Crippen molar-refractivity contribution in [1.82, 2.24) is 5.32 Å². The van der Waals surface area contributed by atoms with Crippen LogP contribution in [0.25, 0.3) is 0 Å². The Bertz CT molecular complexity index is 457. The highest BCUT2D eigenvalue weighted by Crippen LogP contribution is 2.14. The van der Waals surface area contributed by atoms with Crippen LogP contribution in [0.1, 0.15) is 19.4 Å². The molecule has 2 N–H and O–H groups in total. The van der Waals surface area contributed by atoms with Gasteiger partial charge in [-0.15, -0.1) is 0 Å². The Hall–Kier alpha value is -1.36. The highest BCUT2D eigenvalue weighted by Gasteiger charge is 2.27. The van der Waals surface area contributed by atoms with Gasteiger partial charge < -0.3 is 10.4 Å². The number of nitrogens with one attached hydrogen (secondary N) is 1. The van der Waals surface area contributed by atoms with Crippen LogP contribution in [0.2, 0.25) is 0 Å². The predicted octanol–water partition coefficient (Wildman–Crippen LogP) is 2.22. The molecular formula is C13H16BrNO3. The van der Waals surface area contributed by atoms with E-state index in [1.54, 1.807) is 13.8 Å². The fourth-order valence-electron chi connectivity index (χ4n) is 1.29. The second-order valence-corrected chi connectivity index (χ2v) is 5.69. The van der Waals surface area contributed by atoms with Crippen LogP contribution < -0.4 is 5.32 Å². The Morgan fingerprint density at radius 2 is 2.06 bits per heavy atom. The van der Waals surface area contributed by atoms with Gasteiger partial charge in [0.1, 0.15) is 0 Å². The van der Waals surface area contributed by atoms with E-state index in [2.05, 4.69) is 21.2 Å². The van der Waals surface area contributed by atoms with Crippen molar-refractivity contribution in [1.29, 1.82) is 0 Å². The van der Waals surface area contributed by atoms with Crippen molar-refractivity contribution in [3.63, 3.8) is 0 Å². The lowest BCUT2D eigenvalue weighted by Gasteiger charge is -2.19. The Morgan fingerprint density at radius 1 is 1.39 bits per heavy atom. The van der Waals surface area contributed by atoms with Gasteiger partial charge in [-0.25, -0.2) is 0 Å². The molecule has 0 heterocycles. The fourth-order valence-corrected chi connectivity index (χ4v) is 1.74. The van der Waals surface area contributed by atoms with Gasteiger partial charge >= 0.3 is 5.97 Å². The number of rotatable bonds is 5. The summed E-state index contributed by atoms with van der Waals surface area (Å²) < 4.78 is 0.915. The fraction of sp³-hybridized carbons (Fsp3) is 0.385. The first-order valence-corrected chi connectivity index (χ1v) is 6.35. The lowest BCUT2D eigenvalue weighted by Crippen LogP contribution is -2.39. The molecule has 0 saturated carbocycles. The van der Waals surface area contributed by atoms with Crippen LogP contribution in [0.5, 0.6) is 0 Å². The SMILES string of the molecule is CC(C)(CNC(=O)Cc1cccc(Br)c1)C(=O)O. The summed E-state index contributed by atoms with van der Waals surface area (Å²) in [5.41, 5.74) is -0.0672. The van der Waals surface area contributed by atoms with E-state index in [1.165, 1.54) is 0 Å². The quantitative estimate of drug-likeness (QED) is 0.876. The Kier molecular flexibility index (Phi) is 4.90. The summed E-state index contributed by atoms with van der Waals surface area (Å²) in [6.07, 6.45) is 0.245. The van der Waals surface area contributed by atoms with Gasteiger partial charge in [-0.05, 0) is 31.5 Å². The van der Waals surface area contributed by atoms with Gasteiger partial charge in [0.05, 0.1) is 11.8 Å². The number of benzene rings is 1. The van der Waals surface area contributed by atoms with E-state index in [-0.39, 0.29) is 18.9 Å². The van der Waals surface area contributed by atoms with E-state index in [9.17, 15) is 9.59 Å². The van der Waals surface area contributed by atoms with Crippen LogP contribution in [-0.4, -0.2) is 23.5 Å². The molecule has 1 aromatic carbocycles. The first kappa shape index (κ1) is 14.7. The van der Waals surface area contributed by atoms with Crippen molar-refractivity contribution in [2.24, 2.45) is 5.41 Å². The molecule has 0 aromatic heterocycles. The summed E-state index contributed by atoms with van der Waals surface area (Å²) in [5.74, 6) is -1.10. The maximum Gasteiger partial charge on any atom is 0.310 e. The van der Waals surface area contributed by atoms with Gasteiger partial charge in [-0.3, -0.25) is 9.59 Å². The molecule has 0 atom stereocenters. The number of halogens is 1. The van der Waals surface area contributed by atoms with E-state index in [0.29, 0.717) is 0 Å². The van der Waals surface area contributed by atoms with Gasteiger partial charge in [0.2, 0.25) is 5.91 Å². The van der Waals surface area contributed by atoms with Crippen LogP contribution in [-0.2, 0) is 16.0 Å². The first-order valence-electron chi connectivity index (χ1n) is 5.56. The molecule has 0 spiro atoms. The number of carboxylic acid groups (broad SMARTS) is 1. The zero-order valence-corrected chi connectivity index (χ0v) is 12.0. The molecule has 0 radical (unpaired) electrons. The summed E-state index contributed by atoms with van der Waals surface area (Å²) in [6.45, 7) is 3.28. The standard InChI is InChI=1S/C13H16BrNO3/c1-13(2,12(17)18)8-15-11(16)7-9-4-3-5-10(14)6-9/h3-6H,7-8H2,1-2H3,(H,15,16)(H,17,18). The van der Waals surface area contributed by atoms with Crippen molar-refractivity contribution in [3.8, 4) is 0 Å². The minimum atomic E-state index is -0.951. The van der Waals surface area contributed by atoms with Gasteiger partial charge in [0.25, 0.3) is 0 Å². The molecule has 0 unspecified atom stereocenters. The third-order valence-electron chi connectivity index (χ3n) is 2.56. The topological polar surface area (TPSA) is 66.4 Å². The van der Waals surface area contributed by atoms with Crippen molar-refractivity contribution in [3.05, 3.63) is 34.3 Å². The van der Waals surface area contributed by atoms with E-state index >= 15 is 0 Å². The van der Waals surface area contributed by atoms with Gasteiger partial charge in [-0.1, -0.05) is 28.1 Å². The zero-order valence-electron chi connectivity index (χ0n) is 10.4.